The second-order valence-electron chi connectivity index (χ2n) is 3.53. The second-order valence-corrected chi connectivity index (χ2v) is 3.53. The predicted octanol–water partition coefficient (Wildman–Crippen LogP) is 1.62. The van der Waals surface area contributed by atoms with Crippen molar-refractivity contribution in [2.75, 3.05) is 0 Å². The van der Waals surface area contributed by atoms with Crippen molar-refractivity contribution in [3.05, 3.63) is 17.5 Å². The second kappa shape index (κ2) is 4.60. The topological polar surface area (TPSA) is 78.9 Å². The summed E-state index contributed by atoms with van der Waals surface area (Å²) in [7, 11) is 0. The molecule has 0 aliphatic carbocycles. The first-order valence-corrected chi connectivity index (χ1v) is 4.73. The Morgan fingerprint density at radius 1 is 1.73 bits per heavy atom. The number of rotatable bonds is 4. The number of carboxylic acids is 1. The number of aryl methyl sites for hydroxylation is 1. The van der Waals surface area contributed by atoms with Gasteiger partial charge in [-0.3, -0.25) is 4.68 Å². The van der Waals surface area contributed by atoms with E-state index in [4.69, 9.17) is 10.4 Å². The van der Waals surface area contributed by atoms with E-state index in [9.17, 15) is 4.79 Å². The Labute approximate surface area is 87.9 Å². The van der Waals surface area contributed by atoms with Gasteiger partial charge in [-0.1, -0.05) is 13.8 Å². The highest BCUT2D eigenvalue weighted by Crippen LogP contribution is 2.19. The zero-order chi connectivity index (χ0) is 11.4. The van der Waals surface area contributed by atoms with Gasteiger partial charge in [-0.05, 0) is 5.92 Å². The highest BCUT2D eigenvalue weighted by molar-refractivity contribution is 5.88. The smallest absolute Gasteiger partial charge is 0.339 e. The van der Waals surface area contributed by atoms with Crippen molar-refractivity contribution in [1.29, 1.82) is 5.26 Å². The highest BCUT2D eigenvalue weighted by atomic mass is 16.4. The van der Waals surface area contributed by atoms with E-state index in [0.717, 1.165) is 0 Å². The van der Waals surface area contributed by atoms with Crippen LogP contribution in [0, 0.1) is 11.3 Å². The fourth-order valence-electron chi connectivity index (χ4n) is 1.50. The quantitative estimate of drug-likeness (QED) is 0.813. The lowest BCUT2D eigenvalue weighted by molar-refractivity contribution is 0.0695. The van der Waals surface area contributed by atoms with E-state index in [1.165, 1.54) is 6.20 Å². The van der Waals surface area contributed by atoms with Gasteiger partial charge in [0, 0.05) is 0 Å². The van der Waals surface area contributed by atoms with Crippen LogP contribution in [0.15, 0.2) is 6.20 Å². The van der Waals surface area contributed by atoms with Crippen molar-refractivity contribution in [3.8, 4) is 6.07 Å². The SMILES string of the molecule is CC(C)c1c(C(=O)O)cnn1CCC#N. The third-order valence-corrected chi connectivity index (χ3v) is 2.09. The van der Waals surface area contributed by atoms with Gasteiger partial charge in [0.25, 0.3) is 0 Å². The lowest BCUT2D eigenvalue weighted by Gasteiger charge is -2.09. The van der Waals surface area contributed by atoms with Crippen molar-refractivity contribution < 1.29 is 9.90 Å². The molecule has 5 nitrogen and oxygen atoms in total. The molecule has 0 fully saturated rings. The molecule has 0 amide bonds. The Kier molecular flexibility index (Phi) is 3.45. The minimum absolute atomic E-state index is 0.0808. The maximum atomic E-state index is 10.9. The van der Waals surface area contributed by atoms with Crippen LogP contribution >= 0.6 is 0 Å². The van der Waals surface area contributed by atoms with Crippen LogP contribution in [0.1, 0.15) is 42.2 Å². The van der Waals surface area contributed by atoms with Gasteiger partial charge in [-0.15, -0.1) is 0 Å². The van der Waals surface area contributed by atoms with Gasteiger partial charge in [-0.25, -0.2) is 4.79 Å². The summed E-state index contributed by atoms with van der Waals surface area (Å²) < 4.78 is 1.59. The van der Waals surface area contributed by atoms with Crippen LogP contribution in [0.3, 0.4) is 0 Å². The molecule has 0 aliphatic heterocycles. The number of nitriles is 1. The fourth-order valence-corrected chi connectivity index (χ4v) is 1.50. The van der Waals surface area contributed by atoms with Crippen LogP contribution in [0.5, 0.6) is 0 Å². The van der Waals surface area contributed by atoms with Crippen LogP contribution in [0.2, 0.25) is 0 Å². The molecule has 0 atom stereocenters. The summed E-state index contributed by atoms with van der Waals surface area (Å²) in [6, 6.07) is 2.01. The van der Waals surface area contributed by atoms with Crippen LogP contribution in [-0.4, -0.2) is 20.9 Å². The van der Waals surface area contributed by atoms with E-state index < -0.39 is 5.97 Å². The molecule has 80 valence electrons. The first kappa shape index (κ1) is 11.2. The van der Waals surface area contributed by atoms with E-state index >= 15 is 0 Å². The first-order chi connectivity index (χ1) is 7.07. The summed E-state index contributed by atoms with van der Waals surface area (Å²) >= 11 is 0. The van der Waals surface area contributed by atoms with E-state index in [0.29, 0.717) is 18.7 Å². The third kappa shape index (κ3) is 2.34. The molecule has 0 bridgehead atoms. The summed E-state index contributed by atoms with van der Waals surface area (Å²) in [4.78, 5) is 10.9. The summed E-state index contributed by atoms with van der Waals surface area (Å²) in [5, 5.41) is 21.4. The molecule has 0 saturated carbocycles. The van der Waals surface area contributed by atoms with Crippen molar-refractivity contribution in [2.45, 2.75) is 32.7 Å². The van der Waals surface area contributed by atoms with Crippen LogP contribution in [0.4, 0.5) is 0 Å². The number of nitrogens with zero attached hydrogens (tertiary/aromatic N) is 3. The largest absolute Gasteiger partial charge is 0.478 e. The van der Waals surface area contributed by atoms with Crippen LogP contribution in [0.25, 0.3) is 0 Å². The molecule has 1 aromatic heterocycles. The van der Waals surface area contributed by atoms with Gasteiger partial charge >= 0.3 is 5.97 Å². The molecule has 0 radical (unpaired) electrons. The standard InChI is InChI=1S/C10H13N3O2/c1-7(2)9-8(10(14)15)6-12-13(9)5-3-4-11/h6-7H,3,5H2,1-2H3,(H,14,15). The molecule has 1 aromatic rings. The maximum absolute atomic E-state index is 10.9. The molecule has 5 heteroatoms. The molecule has 1 rings (SSSR count). The zero-order valence-corrected chi connectivity index (χ0v) is 8.77. The van der Waals surface area contributed by atoms with Crippen molar-refractivity contribution in [2.24, 2.45) is 0 Å². The average Bonchev–Trinajstić information content (AvgIpc) is 2.58. The summed E-state index contributed by atoms with van der Waals surface area (Å²) in [5.74, 6) is -0.890. The number of carbonyl (C=O) groups is 1. The number of aromatic nitrogens is 2. The highest BCUT2D eigenvalue weighted by Gasteiger charge is 2.18. The Hall–Kier alpha value is -1.83. The molecular weight excluding hydrogens is 194 g/mol. The fraction of sp³-hybridized carbons (Fsp3) is 0.500. The zero-order valence-electron chi connectivity index (χ0n) is 8.77. The van der Waals surface area contributed by atoms with Crippen molar-refractivity contribution >= 4 is 5.97 Å². The summed E-state index contributed by atoms with van der Waals surface area (Å²) in [6.45, 7) is 4.26. The van der Waals surface area contributed by atoms with Gasteiger partial charge in [0.05, 0.1) is 30.9 Å². The molecule has 0 aromatic carbocycles. The number of hydrogen-bond donors (Lipinski definition) is 1. The maximum Gasteiger partial charge on any atom is 0.339 e. The van der Waals surface area contributed by atoms with Gasteiger partial charge in [0.15, 0.2) is 0 Å². The molecule has 0 saturated heterocycles. The summed E-state index contributed by atoms with van der Waals surface area (Å²) in [5.41, 5.74) is 0.903. The van der Waals surface area contributed by atoms with E-state index in [-0.39, 0.29) is 11.5 Å². The van der Waals surface area contributed by atoms with Crippen molar-refractivity contribution in [1.82, 2.24) is 9.78 Å². The number of aromatic carboxylic acids is 1. The first-order valence-electron chi connectivity index (χ1n) is 4.73. The molecule has 0 spiro atoms. The molecule has 0 aliphatic rings. The minimum atomic E-state index is -0.970. The minimum Gasteiger partial charge on any atom is -0.478 e. The van der Waals surface area contributed by atoms with Crippen LogP contribution in [-0.2, 0) is 6.54 Å². The normalized spacial score (nSPS) is 10.3. The monoisotopic (exact) mass is 207 g/mol. The number of carboxylic acid groups (broad SMARTS) is 1. The van der Waals surface area contributed by atoms with Gasteiger partial charge in [0.2, 0.25) is 0 Å². The van der Waals surface area contributed by atoms with E-state index in [1.54, 1.807) is 4.68 Å². The van der Waals surface area contributed by atoms with Crippen LogP contribution < -0.4 is 0 Å². The van der Waals surface area contributed by atoms with Gasteiger partial charge < -0.3 is 5.11 Å². The molecule has 1 N–H and O–H groups in total. The Morgan fingerprint density at radius 3 is 2.87 bits per heavy atom. The molecular formula is C10H13N3O2. The number of hydrogen-bond acceptors (Lipinski definition) is 3. The lowest BCUT2D eigenvalue weighted by Crippen LogP contribution is -2.09. The lowest BCUT2D eigenvalue weighted by atomic mass is 10.1. The molecule has 0 unspecified atom stereocenters. The summed E-state index contributed by atoms with van der Waals surface area (Å²) in [6.07, 6.45) is 1.68. The average molecular weight is 207 g/mol. The van der Waals surface area contributed by atoms with Crippen molar-refractivity contribution in [3.63, 3.8) is 0 Å². The molecule has 15 heavy (non-hydrogen) atoms. The predicted molar refractivity (Wildman–Crippen MR) is 53.5 cm³/mol. The Bertz CT molecular complexity index is 401. The van der Waals surface area contributed by atoms with Gasteiger partial charge in [-0.2, -0.15) is 10.4 Å². The third-order valence-electron chi connectivity index (χ3n) is 2.09. The van der Waals surface area contributed by atoms with E-state index in [1.807, 2.05) is 19.9 Å². The van der Waals surface area contributed by atoms with E-state index in [2.05, 4.69) is 5.10 Å². The molecule has 1 heterocycles. The van der Waals surface area contributed by atoms with Gasteiger partial charge in [0.1, 0.15) is 5.56 Å². The Balaban J connectivity index is 3.07. The Morgan fingerprint density at radius 2 is 2.40 bits per heavy atom.